The molecule has 0 aromatic heterocycles. The van der Waals surface area contributed by atoms with Crippen LogP contribution in [0.2, 0.25) is 0 Å². The van der Waals surface area contributed by atoms with E-state index >= 15 is 0 Å². The van der Waals surface area contributed by atoms with Gasteiger partial charge in [-0.1, -0.05) is 12.2 Å². The Hall–Kier alpha value is -1.25. The zero-order chi connectivity index (χ0) is 8.81. The van der Waals surface area contributed by atoms with Gasteiger partial charge in [-0.3, -0.25) is 0 Å². The zero-order valence-electron chi connectivity index (χ0n) is 6.95. The van der Waals surface area contributed by atoms with Crippen molar-refractivity contribution in [1.82, 2.24) is 0 Å². The molecule has 2 N–H and O–H groups in total. The lowest BCUT2D eigenvalue weighted by Crippen LogP contribution is -2.12. The minimum atomic E-state index is -0.717. The number of nitrogens with two attached hydrogens (primary N) is 1. The van der Waals surface area contributed by atoms with E-state index in [1.807, 2.05) is 6.08 Å². The molecule has 12 heavy (non-hydrogen) atoms. The largest absolute Gasteiger partial charge is 0.415 e. The van der Waals surface area contributed by atoms with Gasteiger partial charge in [-0.15, -0.1) is 0 Å². The number of allylic oxidation sites excluding steroid dienone is 4. The van der Waals surface area contributed by atoms with E-state index in [2.05, 4.69) is 12.2 Å². The van der Waals surface area contributed by atoms with Gasteiger partial charge in [0.15, 0.2) is 0 Å². The first-order valence-corrected chi connectivity index (χ1v) is 4.10. The fourth-order valence-electron chi connectivity index (χ4n) is 1.13. The highest BCUT2D eigenvalue weighted by atomic mass is 16.5. The van der Waals surface area contributed by atoms with Crippen LogP contribution in [0.5, 0.6) is 0 Å². The number of rotatable bonds is 1. The maximum absolute atomic E-state index is 10.4. The number of carbonyl (C=O) groups is 1. The summed E-state index contributed by atoms with van der Waals surface area (Å²) in [5, 5.41) is 0. The molecule has 0 bridgehead atoms. The third-order valence-corrected chi connectivity index (χ3v) is 1.66. The van der Waals surface area contributed by atoms with Gasteiger partial charge >= 0.3 is 6.09 Å². The highest BCUT2D eigenvalue weighted by Crippen LogP contribution is 2.12. The van der Waals surface area contributed by atoms with Gasteiger partial charge in [0.1, 0.15) is 5.76 Å². The molecule has 66 valence electrons. The lowest BCUT2D eigenvalue weighted by atomic mass is 10.1. The average Bonchev–Trinajstić information content (AvgIpc) is 1.93. The van der Waals surface area contributed by atoms with Crippen molar-refractivity contribution in [3.63, 3.8) is 0 Å². The minimum absolute atomic E-state index is 0.701. The van der Waals surface area contributed by atoms with E-state index in [0.717, 1.165) is 25.7 Å². The van der Waals surface area contributed by atoms with Crippen LogP contribution >= 0.6 is 0 Å². The van der Waals surface area contributed by atoms with Crippen LogP contribution in [0.3, 0.4) is 0 Å². The molecule has 0 atom stereocenters. The van der Waals surface area contributed by atoms with Crippen molar-refractivity contribution in [2.75, 3.05) is 0 Å². The highest BCUT2D eigenvalue weighted by molar-refractivity contribution is 5.65. The summed E-state index contributed by atoms with van der Waals surface area (Å²) in [5.74, 6) is 0.701. The quantitative estimate of drug-likeness (QED) is 0.608. The lowest BCUT2D eigenvalue weighted by molar-refractivity contribution is 0.183. The molecule has 1 amide bonds. The van der Waals surface area contributed by atoms with Gasteiger partial charge in [0.05, 0.1) is 0 Å². The van der Waals surface area contributed by atoms with E-state index in [9.17, 15) is 4.79 Å². The van der Waals surface area contributed by atoms with E-state index in [1.165, 1.54) is 0 Å². The molecule has 0 aliphatic heterocycles. The molecule has 0 aromatic rings. The second-order valence-corrected chi connectivity index (χ2v) is 2.68. The van der Waals surface area contributed by atoms with Crippen molar-refractivity contribution >= 4 is 6.09 Å². The Labute approximate surface area is 71.9 Å². The molecular weight excluding hydrogens is 154 g/mol. The van der Waals surface area contributed by atoms with Crippen LogP contribution in [-0.2, 0) is 4.74 Å². The van der Waals surface area contributed by atoms with Gasteiger partial charge in [-0.2, -0.15) is 0 Å². The molecule has 3 heteroatoms. The Morgan fingerprint density at radius 1 is 1.33 bits per heavy atom. The number of primary amides is 1. The molecular formula is C9H13NO2. The maximum Gasteiger partial charge on any atom is 0.409 e. The smallest absolute Gasteiger partial charge is 0.409 e. The van der Waals surface area contributed by atoms with E-state index in [4.69, 9.17) is 10.5 Å². The van der Waals surface area contributed by atoms with Crippen molar-refractivity contribution in [3.05, 3.63) is 24.0 Å². The van der Waals surface area contributed by atoms with Crippen LogP contribution in [-0.4, -0.2) is 6.09 Å². The molecule has 0 heterocycles. The molecule has 1 aliphatic rings. The summed E-state index contributed by atoms with van der Waals surface area (Å²) in [6.45, 7) is 0. The number of carbonyl (C=O) groups excluding carboxylic acids is 1. The maximum atomic E-state index is 10.4. The molecule has 1 aliphatic carbocycles. The summed E-state index contributed by atoms with van der Waals surface area (Å²) in [7, 11) is 0. The summed E-state index contributed by atoms with van der Waals surface area (Å²) < 4.78 is 4.79. The molecule has 0 radical (unpaired) electrons. The van der Waals surface area contributed by atoms with Crippen molar-refractivity contribution in [3.8, 4) is 0 Å². The predicted molar refractivity (Wildman–Crippen MR) is 46.4 cm³/mol. The van der Waals surface area contributed by atoms with Crippen LogP contribution in [0.25, 0.3) is 0 Å². The van der Waals surface area contributed by atoms with E-state index in [0.29, 0.717) is 5.76 Å². The van der Waals surface area contributed by atoms with Gasteiger partial charge in [0.2, 0.25) is 0 Å². The van der Waals surface area contributed by atoms with Crippen molar-refractivity contribution in [2.24, 2.45) is 5.73 Å². The molecule has 0 spiro atoms. The average molecular weight is 167 g/mol. The number of ether oxygens (including phenoxy) is 1. The van der Waals surface area contributed by atoms with Gasteiger partial charge in [-0.25, -0.2) is 4.79 Å². The van der Waals surface area contributed by atoms with Gasteiger partial charge in [0, 0.05) is 6.42 Å². The Balaban J connectivity index is 2.45. The Bertz CT molecular complexity index is 219. The standard InChI is InChI=1S/C9H13NO2/c10-9(11)12-8-6-4-2-1-3-5-7-8/h1-2,7H,3-6H2,(H2,10,11). The first-order valence-electron chi connectivity index (χ1n) is 4.10. The molecule has 0 fully saturated rings. The second-order valence-electron chi connectivity index (χ2n) is 2.68. The van der Waals surface area contributed by atoms with Gasteiger partial charge < -0.3 is 10.5 Å². The first-order chi connectivity index (χ1) is 5.79. The molecule has 0 saturated carbocycles. The lowest BCUT2D eigenvalue weighted by Gasteiger charge is -2.06. The summed E-state index contributed by atoms with van der Waals surface area (Å²) in [6.07, 6.45) is 9.04. The first kappa shape index (κ1) is 8.84. The minimum Gasteiger partial charge on any atom is -0.415 e. The molecule has 1 rings (SSSR count). The molecule has 3 nitrogen and oxygen atoms in total. The zero-order valence-corrected chi connectivity index (χ0v) is 6.95. The van der Waals surface area contributed by atoms with E-state index in [1.54, 1.807) is 0 Å². The third-order valence-electron chi connectivity index (χ3n) is 1.66. The van der Waals surface area contributed by atoms with Crippen molar-refractivity contribution in [2.45, 2.75) is 25.7 Å². The van der Waals surface area contributed by atoms with Crippen LogP contribution < -0.4 is 5.73 Å². The highest BCUT2D eigenvalue weighted by Gasteiger charge is 2.02. The Morgan fingerprint density at radius 2 is 2.08 bits per heavy atom. The molecule has 0 saturated heterocycles. The molecule has 0 unspecified atom stereocenters. The summed E-state index contributed by atoms with van der Waals surface area (Å²) >= 11 is 0. The summed E-state index contributed by atoms with van der Waals surface area (Å²) in [5.41, 5.74) is 4.89. The van der Waals surface area contributed by atoms with Crippen LogP contribution in [0, 0.1) is 0 Å². The van der Waals surface area contributed by atoms with Gasteiger partial charge in [0.25, 0.3) is 0 Å². The number of amides is 1. The fourth-order valence-corrected chi connectivity index (χ4v) is 1.13. The Morgan fingerprint density at radius 3 is 2.83 bits per heavy atom. The van der Waals surface area contributed by atoms with E-state index < -0.39 is 6.09 Å². The SMILES string of the molecule is NC(=O)OC1=CCCC=CCC1. The van der Waals surface area contributed by atoms with E-state index in [-0.39, 0.29) is 0 Å². The third kappa shape index (κ3) is 3.23. The number of hydrogen-bond donors (Lipinski definition) is 1. The summed E-state index contributed by atoms with van der Waals surface area (Å²) in [6, 6.07) is 0. The monoisotopic (exact) mass is 167 g/mol. The van der Waals surface area contributed by atoms with Crippen LogP contribution in [0.1, 0.15) is 25.7 Å². The van der Waals surface area contributed by atoms with Gasteiger partial charge in [-0.05, 0) is 25.3 Å². The second kappa shape index (κ2) is 4.59. The fraction of sp³-hybridized carbons (Fsp3) is 0.444. The normalized spacial score (nSPS) is 17.5. The Kier molecular flexibility index (Phi) is 3.38. The van der Waals surface area contributed by atoms with Crippen molar-refractivity contribution < 1.29 is 9.53 Å². The predicted octanol–water partition coefficient (Wildman–Crippen LogP) is 2.10. The molecule has 0 aromatic carbocycles. The van der Waals surface area contributed by atoms with Crippen LogP contribution in [0.15, 0.2) is 24.0 Å². The summed E-state index contributed by atoms with van der Waals surface area (Å²) in [4.78, 5) is 10.4. The van der Waals surface area contributed by atoms with Crippen molar-refractivity contribution in [1.29, 1.82) is 0 Å². The topological polar surface area (TPSA) is 52.3 Å². The van der Waals surface area contributed by atoms with Crippen LogP contribution in [0.4, 0.5) is 4.79 Å². The number of hydrogen-bond acceptors (Lipinski definition) is 2.